The normalized spacial score (nSPS) is 18.4. The Morgan fingerprint density at radius 2 is 1.90 bits per heavy atom. The summed E-state index contributed by atoms with van der Waals surface area (Å²) in [5.41, 5.74) is 1.24. The van der Waals surface area contributed by atoms with Gasteiger partial charge in [-0.05, 0) is 23.8 Å². The Hall–Kier alpha value is -2.88. The van der Waals surface area contributed by atoms with E-state index in [9.17, 15) is 21.8 Å². The van der Waals surface area contributed by atoms with Crippen LogP contribution in [0.25, 0.3) is 22.2 Å². The number of halogens is 4. The predicted molar refractivity (Wildman–Crippen MR) is 101 cm³/mol. The molecular weight excluding hydrogens is 408 g/mol. The zero-order valence-corrected chi connectivity index (χ0v) is 15.8. The average Bonchev–Trinajstić information content (AvgIpc) is 3.10. The summed E-state index contributed by atoms with van der Waals surface area (Å²) in [7, 11) is -1.31. The second-order valence-corrected chi connectivity index (χ2v) is 7.78. The van der Waals surface area contributed by atoms with Crippen LogP contribution >= 0.6 is 0 Å². The number of aromatic nitrogens is 4. The monoisotopic (exact) mass is 422 g/mol. The Kier molecular flexibility index (Phi) is 4.81. The fraction of sp³-hybridized carbons (Fsp3) is 0.211. The van der Waals surface area contributed by atoms with E-state index in [-0.39, 0.29) is 28.5 Å². The lowest BCUT2D eigenvalue weighted by molar-refractivity contribution is -0.137. The summed E-state index contributed by atoms with van der Waals surface area (Å²) in [6, 6.07) is 3.16. The fourth-order valence-electron chi connectivity index (χ4n) is 3.06. The van der Waals surface area contributed by atoms with Gasteiger partial charge in [0.15, 0.2) is 0 Å². The summed E-state index contributed by atoms with van der Waals surface area (Å²) in [5, 5.41) is 0.193. The molecule has 0 fully saturated rings. The Morgan fingerprint density at radius 1 is 1.17 bits per heavy atom. The summed E-state index contributed by atoms with van der Waals surface area (Å²) in [5.74, 6) is 0.190. The van der Waals surface area contributed by atoms with E-state index in [1.807, 2.05) is 0 Å². The van der Waals surface area contributed by atoms with Crippen molar-refractivity contribution in [2.75, 3.05) is 6.26 Å². The van der Waals surface area contributed by atoms with E-state index >= 15 is 0 Å². The van der Waals surface area contributed by atoms with Crippen LogP contribution in [0.4, 0.5) is 17.6 Å². The number of rotatable bonds is 3. The topological polar surface area (TPSA) is 71.5 Å². The number of nitrogens with zero attached hydrogens (tertiary/aromatic N) is 3. The Morgan fingerprint density at radius 3 is 2.52 bits per heavy atom. The highest BCUT2D eigenvalue weighted by Crippen LogP contribution is 2.35. The number of benzene rings is 1. The fourth-order valence-corrected chi connectivity index (χ4v) is 3.46. The minimum Gasteiger partial charge on any atom is -0.338 e. The molecule has 2 unspecified atom stereocenters. The van der Waals surface area contributed by atoms with Crippen LogP contribution in [0, 0.1) is 0 Å². The lowest BCUT2D eigenvalue weighted by atomic mass is 9.93. The number of hydrogen-bond donors (Lipinski definition) is 1. The maximum atomic E-state index is 14.8. The molecule has 0 radical (unpaired) electrons. The third-order valence-corrected chi connectivity index (χ3v) is 5.26. The second-order valence-electron chi connectivity index (χ2n) is 6.51. The number of H-pyrrole nitrogens is 1. The first-order valence-electron chi connectivity index (χ1n) is 8.50. The van der Waals surface area contributed by atoms with Crippen molar-refractivity contribution in [1.82, 2.24) is 19.9 Å². The maximum Gasteiger partial charge on any atom is 0.416 e. The van der Waals surface area contributed by atoms with Gasteiger partial charge in [0.2, 0.25) is 5.16 Å². The first-order valence-corrected chi connectivity index (χ1v) is 10.1. The van der Waals surface area contributed by atoms with E-state index in [4.69, 9.17) is 0 Å². The molecule has 1 aliphatic rings. The molecular formula is C19H14F4N4OS. The van der Waals surface area contributed by atoms with Gasteiger partial charge in [0.25, 0.3) is 0 Å². The molecule has 2 aromatic heterocycles. The number of fused-ring (bicyclic) bond motifs is 1. The van der Waals surface area contributed by atoms with E-state index in [0.29, 0.717) is 16.7 Å². The van der Waals surface area contributed by atoms with Gasteiger partial charge in [0.05, 0.1) is 27.4 Å². The summed E-state index contributed by atoms with van der Waals surface area (Å²) in [4.78, 5) is 15.0. The molecule has 0 spiro atoms. The lowest BCUT2D eigenvalue weighted by Crippen LogP contribution is -2.10. The molecule has 10 heteroatoms. The molecule has 0 saturated heterocycles. The summed E-state index contributed by atoms with van der Waals surface area (Å²) < 4.78 is 64.8. The lowest BCUT2D eigenvalue weighted by Gasteiger charge is -2.17. The van der Waals surface area contributed by atoms with E-state index < -0.39 is 28.7 Å². The number of imidazole rings is 1. The molecule has 1 aromatic carbocycles. The van der Waals surface area contributed by atoms with Gasteiger partial charge in [0.1, 0.15) is 12.0 Å². The SMILES string of the molecule is CS(=O)c1ncc(C2=CC=C(c3nc4ccc(C(F)(F)F)cc4[nH]3)C(F)C2)cn1. The molecule has 5 nitrogen and oxygen atoms in total. The first-order chi connectivity index (χ1) is 13.7. The van der Waals surface area contributed by atoms with E-state index in [2.05, 4.69) is 19.9 Å². The van der Waals surface area contributed by atoms with Gasteiger partial charge < -0.3 is 4.98 Å². The van der Waals surface area contributed by atoms with Crippen molar-refractivity contribution in [3.63, 3.8) is 0 Å². The van der Waals surface area contributed by atoms with Gasteiger partial charge in [-0.1, -0.05) is 12.2 Å². The Balaban J connectivity index is 1.66. The molecule has 1 N–H and O–H groups in total. The quantitative estimate of drug-likeness (QED) is 0.504. The third-order valence-electron chi connectivity index (χ3n) is 4.54. The molecule has 0 amide bonds. The zero-order chi connectivity index (χ0) is 20.8. The molecule has 2 atom stereocenters. The molecule has 0 bridgehead atoms. The van der Waals surface area contributed by atoms with Crippen LogP contribution in [-0.4, -0.2) is 36.6 Å². The van der Waals surface area contributed by atoms with Crippen molar-refractivity contribution in [3.8, 4) is 0 Å². The molecule has 3 aromatic rings. The smallest absolute Gasteiger partial charge is 0.338 e. The minimum absolute atomic E-state index is 0.0363. The standard InChI is InChI=1S/C19H14F4N4OS/c1-29(28)18-24-8-11(9-25-18)10-2-4-13(14(20)6-10)17-26-15-5-3-12(19(21,22)23)7-16(15)27-17/h2-5,7-9,14H,6H2,1H3,(H,26,27). The highest BCUT2D eigenvalue weighted by molar-refractivity contribution is 7.84. The highest BCUT2D eigenvalue weighted by Gasteiger charge is 2.31. The van der Waals surface area contributed by atoms with Crippen LogP contribution < -0.4 is 0 Å². The summed E-state index contributed by atoms with van der Waals surface area (Å²) >= 11 is 0. The van der Waals surface area contributed by atoms with Gasteiger partial charge in [-0.3, -0.25) is 4.21 Å². The third kappa shape index (κ3) is 3.84. The van der Waals surface area contributed by atoms with Crippen molar-refractivity contribution < 1.29 is 21.8 Å². The molecule has 0 saturated carbocycles. The average molecular weight is 422 g/mol. The number of hydrogen-bond acceptors (Lipinski definition) is 4. The highest BCUT2D eigenvalue weighted by atomic mass is 32.2. The van der Waals surface area contributed by atoms with Gasteiger partial charge in [-0.2, -0.15) is 13.2 Å². The number of alkyl halides is 4. The maximum absolute atomic E-state index is 14.8. The van der Waals surface area contributed by atoms with Crippen LogP contribution in [-0.2, 0) is 17.0 Å². The van der Waals surface area contributed by atoms with Gasteiger partial charge in [-0.15, -0.1) is 0 Å². The second kappa shape index (κ2) is 7.18. The van der Waals surface area contributed by atoms with Crippen LogP contribution in [0.3, 0.4) is 0 Å². The largest absolute Gasteiger partial charge is 0.416 e. The number of allylic oxidation sites excluding steroid dienone is 4. The van der Waals surface area contributed by atoms with Crippen LogP contribution in [0.2, 0.25) is 0 Å². The van der Waals surface area contributed by atoms with Gasteiger partial charge >= 0.3 is 6.18 Å². The van der Waals surface area contributed by atoms with Crippen molar-refractivity contribution in [3.05, 3.63) is 59.7 Å². The van der Waals surface area contributed by atoms with Crippen molar-refractivity contribution in [2.45, 2.75) is 23.9 Å². The van der Waals surface area contributed by atoms with Crippen LogP contribution in [0.5, 0.6) is 0 Å². The molecule has 0 aliphatic heterocycles. The van der Waals surface area contributed by atoms with Crippen molar-refractivity contribution >= 4 is 33.0 Å². The number of aromatic amines is 1. The van der Waals surface area contributed by atoms with E-state index in [0.717, 1.165) is 12.1 Å². The Labute approximate surface area is 165 Å². The Bertz CT molecular complexity index is 1170. The van der Waals surface area contributed by atoms with E-state index in [1.54, 1.807) is 6.08 Å². The number of nitrogens with one attached hydrogen (secondary N) is 1. The minimum atomic E-state index is -4.47. The van der Waals surface area contributed by atoms with Crippen molar-refractivity contribution in [2.24, 2.45) is 0 Å². The summed E-state index contributed by atoms with van der Waals surface area (Å²) in [6.07, 6.45) is 1.84. The zero-order valence-electron chi connectivity index (χ0n) is 15.0. The van der Waals surface area contributed by atoms with Crippen molar-refractivity contribution in [1.29, 1.82) is 0 Å². The molecule has 4 rings (SSSR count). The predicted octanol–water partition coefficient (Wildman–Crippen LogP) is 4.32. The summed E-state index contributed by atoms with van der Waals surface area (Å²) in [6.45, 7) is 0. The van der Waals surface area contributed by atoms with Gasteiger partial charge in [-0.25, -0.2) is 19.3 Å². The molecule has 29 heavy (non-hydrogen) atoms. The first kappa shape index (κ1) is 19.4. The molecule has 2 heterocycles. The van der Waals surface area contributed by atoms with Crippen LogP contribution in [0.15, 0.2) is 47.9 Å². The van der Waals surface area contributed by atoms with E-state index in [1.165, 1.54) is 30.8 Å². The molecule has 150 valence electrons. The van der Waals surface area contributed by atoms with Gasteiger partial charge in [0, 0.05) is 36.2 Å². The van der Waals surface area contributed by atoms with Crippen LogP contribution in [0.1, 0.15) is 23.4 Å². The molecule has 1 aliphatic carbocycles.